The van der Waals surface area contributed by atoms with Crippen molar-refractivity contribution in [1.29, 1.82) is 0 Å². The number of anilines is 2. The van der Waals surface area contributed by atoms with Gasteiger partial charge in [0, 0.05) is 28.6 Å². The lowest BCUT2D eigenvalue weighted by molar-refractivity contribution is -0.122. The van der Waals surface area contributed by atoms with E-state index in [0.29, 0.717) is 21.3 Å². The molecule has 0 spiro atoms. The van der Waals surface area contributed by atoms with E-state index in [2.05, 4.69) is 5.32 Å². The molecule has 6 nitrogen and oxygen atoms in total. The summed E-state index contributed by atoms with van der Waals surface area (Å²) >= 11 is 7.19. The van der Waals surface area contributed by atoms with Crippen LogP contribution in [0, 0.1) is 19.8 Å². The fraction of sp³-hybridized carbons (Fsp3) is 0.278. The van der Waals surface area contributed by atoms with Crippen molar-refractivity contribution in [2.24, 2.45) is 11.7 Å². The molecule has 1 aliphatic rings. The molecule has 1 saturated heterocycles. The minimum absolute atomic E-state index is 0.115. The summed E-state index contributed by atoms with van der Waals surface area (Å²) in [6.45, 7) is 3.94. The second-order valence-electron chi connectivity index (χ2n) is 6.22. The van der Waals surface area contributed by atoms with E-state index in [-0.39, 0.29) is 24.8 Å². The van der Waals surface area contributed by atoms with E-state index < -0.39 is 11.8 Å². The van der Waals surface area contributed by atoms with Crippen LogP contribution in [-0.2, 0) is 9.59 Å². The number of hydrogen-bond donors (Lipinski definition) is 2. The van der Waals surface area contributed by atoms with Gasteiger partial charge in [-0.2, -0.15) is 0 Å². The Bertz CT molecular complexity index is 892. The van der Waals surface area contributed by atoms with Gasteiger partial charge in [0.05, 0.1) is 11.5 Å². The molecule has 0 bridgehead atoms. The molecule has 0 radical (unpaired) electrons. The molecule has 3 N–H and O–H groups in total. The summed E-state index contributed by atoms with van der Waals surface area (Å²) in [6, 6.07) is 6.90. The zero-order chi connectivity index (χ0) is 19.0. The van der Waals surface area contributed by atoms with Crippen LogP contribution in [0.25, 0.3) is 0 Å². The monoisotopic (exact) mass is 391 g/mol. The van der Waals surface area contributed by atoms with Crippen LogP contribution in [0.2, 0.25) is 5.02 Å². The Hall–Kier alpha value is -2.38. The van der Waals surface area contributed by atoms with E-state index in [1.165, 1.54) is 11.3 Å². The number of primary amides is 1. The van der Waals surface area contributed by atoms with Gasteiger partial charge in [0.25, 0.3) is 5.91 Å². The lowest BCUT2D eigenvalue weighted by atomic mass is 10.1. The van der Waals surface area contributed by atoms with Crippen molar-refractivity contribution in [2.75, 3.05) is 16.8 Å². The summed E-state index contributed by atoms with van der Waals surface area (Å²) in [7, 11) is 0. The molecule has 26 heavy (non-hydrogen) atoms. The lowest BCUT2D eigenvalue weighted by Crippen LogP contribution is -2.28. The predicted octanol–water partition coefficient (Wildman–Crippen LogP) is 3.11. The van der Waals surface area contributed by atoms with Crippen molar-refractivity contribution in [2.45, 2.75) is 20.3 Å². The number of nitrogens with zero attached hydrogens (tertiary/aromatic N) is 1. The van der Waals surface area contributed by atoms with E-state index in [1.54, 1.807) is 36.1 Å². The molecule has 1 unspecified atom stereocenters. The smallest absolute Gasteiger partial charge is 0.251 e. The number of halogens is 1. The zero-order valence-electron chi connectivity index (χ0n) is 14.3. The van der Waals surface area contributed by atoms with E-state index >= 15 is 0 Å². The molecule has 0 aliphatic carbocycles. The van der Waals surface area contributed by atoms with Crippen LogP contribution in [-0.4, -0.2) is 24.3 Å². The normalized spacial score (nSPS) is 16.8. The molecule has 1 fully saturated rings. The van der Waals surface area contributed by atoms with E-state index in [9.17, 15) is 14.4 Å². The molecule has 3 amide bonds. The SMILES string of the molecule is Cc1sc(NC(=O)C2CC(=O)N(c3ccc(Cl)cc3)C2)c(C(N)=O)c1C. The Morgan fingerprint density at radius 2 is 1.92 bits per heavy atom. The minimum atomic E-state index is -0.576. The van der Waals surface area contributed by atoms with Crippen LogP contribution in [0.5, 0.6) is 0 Å². The van der Waals surface area contributed by atoms with Crippen LogP contribution >= 0.6 is 22.9 Å². The molecule has 8 heteroatoms. The summed E-state index contributed by atoms with van der Waals surface area (Å²) < 4.78 is 0. The fourth-order valence-corrected chi connectivity index (χ4v) is 4.17. The summed E-state index contributed by atoms with van der Waals surface area (Å²) in [5, 5.41) is 3.80. The van der Waals surface area contributed by atoms with Gasteiger partial charge in [0.15, 0.2) is 0 Å². The van der Waals surface area contributed by atoms with Gasteiger partial charge in [-0.25, -0.2) is 0 Å². The first kappa shape index (κ1) is 18.4. The topological polar surface area (TPSA) is 92.5 Å². The van der Waals surface area contributed by atoms with Crippen LogP contribution < -0.4 is 16.0 Å². The van der Waals surface area contributed by atoms with Gasteiger partial charge in [-0.3, -0.25) is 14.4 Å². The highest BCUT2D eigenvalue weighted by atomic mass is 35.5. The first-order valence-electron chi connectivity index (χ1n) is 8.04. The van der Waals surface area contributed by atoms with E-state index in [0.717, 1.165) is 10.4 Å². The maximum Gasteiger partial charge on any atom is 0.251 e. The molecule has 1 aliphatic heterocycles. The molecule has 1 aromatic heterocycles. The molecular weight excluding hydrogens is 374 g/mol. The third-order valence-electron chi connectivity index (χ3n) is 4.50. The summed E-state index contributed by atoms with van der Waals surface area (Å²) in [6.07, 6.45) is 0.115. The van der Waals surface area contributed by atoms with Gasteiger partial charge >= 0.3 is 0 Å². The van der Waals surface area contributed by atoms with Crippen LogP contribution in [0.15, 0.2) is 24.3 Å². The van der Waals surface area contributed by atoms with Crippen LogP contribution in [0.3, 0.4) is 0 Å². The van der Waals surface area contributed by atoms with Crippen molar-refractivity contribution < 1.29 is 14.4 Å². The average Bonchev–Trinajstić information content (AvgIpc) is 3.09. The largest absolute Gasteiger partial charge is 0.365 e. The highest BCUT2D eigenvalue weighted by Gasteiger charge is 2.35. The zero-order valence-corrected chi connectivity index (χ0v) is 15.9. The number of amides is 3. The molecule has 1 aromatic carbocycles. The molecule has 2 heterocycles. The molecule has 3 rings (SSSR count). The number of nitrogens with two attached hydrogens (primary N) is 1. The number of thiophene rings is 1. The quantitative estimate of drug-likeness (QED) is 0.838. The molecule has 136 valence electrons. The Labute approximate surface area is 159 Å². The lowest BCUT2D eigenvalue weighted by Gasteiger charge is -2.16. The number of benzene rings is 1. The number of carbonyl (C=O) groups excluding carboxylic acids is 3. The van der Waals surface area contributed by atoms with Gasteiger partial charge < -0.3 is 16.0 Å². The van der Waals surface area contributed by atoms with Gasteiger partial charge in [-0.15, -0.1) is 11.3 Å². The van der Waals surface area contributed by atoms with E-state index in [4.69, 9.17) is 17.3 Å². The highest BCUT2D eigenvalue weighted by Crippen LogP contribution is 2.33. The van der Waals surface area contributed by atoms with Gasteiger partial charge in [-0.05, 0) is 43.7 Å². The second-order valence-corrected chi connectivity index (χ2v) is 7.88. The number of hydrogen-bond acceptors (Lipinski definition) is 4. The third-order valence-corrected chi connectivity index (χ3v) is 5.88. The number of nitrogens with one attached hydrogen (secondary N) is 1. The van der Waals surface area contributed by atoms with Crippen LogP contribution in [0.4, 0.5) is 10.7 Å². The molecule has 0 saturated carbocycles. The number of carbonyl (C=O) groups is 3. The van der Waals surface area contributed by atoms with Crippen molar-refractivity contribution in [1.82, 2.24) is 0 Å². The Balaban J connectivity index is 1.76. The van der Waals surface area contributed by atoms with E-state index in [1.807, 2.05) is 6.92 Å². The Kier molecular flexibility index (Phi) is 5.02. The molecule has 2 aromatic rings. The predicted molar refractivity (Wildman–Crippen MR) is 103 cm³/mol. The summed E-state index contributed by atoms with van der Waals surface area (Å²) in [5.41, 5.74) is 7.24. The fourth-order valence-electron chi connectivity index (χ4n) is 2.98. The maximum atomic E-state index is 12.6. The van der Waals surface area contributed by atoms with Crippen LogP contribution in [0.1, 0.15) is 27.2 Å². The first-order chi connectivity index (χ1) is 12.3. The maximum absolute atomic E-state index is 12.6. The van der Waals surface area contributed by atoms with Gasteiger partial charge in [0.1, 0.15) is 5.00 Å². The van der Waals surface area contributed by atoms with Crippen molar-refractivity contribution in [3.63, 3.8) is 0 Å². The van der Waals surface area contributed by atoms with Crippen molar-refractivity contribution in [3.8, 4) is 0 Å². The second kappa shape index (κ2) is 7.09. The minimum Gasteiger partial charge on any atom is -0.365 e. The summed E-state index contributed by atoms with van der Waals surface area (Å²) in [5.74, 6) is -1.49. The highest BCUT2D eigenvalue weighted by molar-refractivity contribution is 7.16. The van der Waals surface area contributed by atoms with Crippen molar-refractivity contribution >= 4 is 51.3 Å². The van der Waals surface area contributed by atoms with Crippen molar-refractivity contribution in [3.05, 3.63) is 45.3 Å². The van der Waals surface area contributed by atoms with Gasteiger partial charge in [-0.1, -0.05) is 11.6 Å². The van der Waals surface area contributed by atoms with Gasteiger partial charge in [0.2, 0.25) is 11.8 Å². The standard InChI is InChI=1S/C18H18ClN3O3S/c1-9-10(2)26-18(15(9)16(20)24)21-17(25)11-7-14(23)22(8-11)13-5-3-12(19)4-6-13/h3-6,11H,7-8H2,1-2H3,(H2,20,24)(H,21,25). The first-order valence-corrected chi connectivity index (χ1v) is 9.24. The Morgan fingerprint density at radius 3 is 2.54 bits per heavy atom. The summed E-state index contributed by atoms with van der Waals surface area (Å²) in [4.78, 5) is 39.1. The molecule has 1 atom stereocenters. The Morgan fingerprint density at radius 1 is 1.27 bits per heavy atom. The number of aryl methyl sites for hydroxylation is 1. The third kappa shape index (κ3) is 3.45. The average molecular weight is 392 g/mol. The molecular formula is C18H18ClN3O3S. The number of rotatable bonds is 4.